The molecule has 7 nitrogen and oxygen atoms in total. The maximum absolute atomic E-state index is 10.9. The van der Waals surface area contributed by atoms with E-state index in [1.807, 2.05) is 0 Å². The molecule has 0 saturated heterocycles. The Morgan fingerprint density at radius 3 is 2.78 bits per heavy atom. The van der Waals surface area contributed by atoms with Crippen molar-refractivity contribution in [1.29, 1.82) is 0 Å². The van der Waals surface area contributed by atoms with Crippen molar-refractivity contribution in [3.63, 3.8) is 0 Å². The number of nitrogens with one attached hydrogen (secondary N) is 1. The predicted octanol–water partition coefficient (Wildman–Crippen LogP) is 1.62. The van der Waals surface area contributed by atoms with E-state index < -0.39 is 11.8 Å². The molecule has 0 aliphatic heterocycles. The van der Waals surface area contributed by atoms with Crippen molar-refractivity contribution >= 4 is 40.0 Å². The van der Waals surface area contributed by atoms with Crippen LogP contribution in [0.25, 0.3) is 10.9 Å². The van der Waals surface area contributed by atoms with Crippen LogP contribution in [-0.4, -0.2) is 21.9 Å². The van der Waals surface area contributed by atoms with E-state index in [1.54, 1.807) is 12.1 Å². The van der Waals surface area contributed by atoms with Crippen LogP contribution in [0.15, 0.2) is 28.4 Å². The Bertz CT molecular complexity index is 677. The number of nitrogens with two attached hydrogens (primary N) is 1. The van der Waals surface area contributed by atoms with Gasteiger partial charge in [0.05, 0.1) is 5.52 Å². The highest BCUT2D eigenvalue weighted by Crippen LogP contribution is 2.36. The lowest BCUT2D eigenvalue weighted by molar-refractivity contribution is -0.135. The van der Waals surface area contributed by atoms with E-state index in [2.05, 4.69) is 15.2 Å². The normalized spacial score (nSPS) is 11.2. The number of H-pyrrole nitrogens is 1. The minimum absolute atomic E-state index is 0.0158. The summed E-state index contributed by atoms with van der Waals surface area (Å²) in [5.41, 5.74) is 5.30. The number of aromatic hydroxyl groups is 1. The molecule has 4 N–H and O–H groups in total. The van der Waals surface area contributed by atoms with E-state index in [0.29, 0.717) is 15.9 Å². The van der Waals surface area contributed by atoms with Gasteiger partial charge in [-0.3, -0.25) is 9.59 Å². The average Bonchev–Trinajstić information content (AvgIpc) is 2.61. The van der Waals surface area contributed by atoms with Crippen molar-refractivity contribution in [2.45, 2.75) is 0 Å². The number of azo groups is 1. The van der Waals surface area contributed by atoms with Gasteiger partial charge in [0.2, 0.25) is 5.88 Å². The molecule has 0 fully saturated rings. The number of aromatic nitrogens is 1. The van der Waals surface area contributed by atoms with Crippen molar-refractivity contribution in [2.75, 3.05) is 0 Å². The van der Waals surface area contributed by atoms with Gasteiger partial charge >= 0.3 is 11.8 Å². The SMILES string of the molecule is NC(=O)C(=O)N=Nc1c(O)[nH]c2ccc(Cl)cc12. The van der Waals surface area contributed by atoms with Crippen LogP contribution in [0.4, 0.5) is 5.69 Å². The molecule has 1 aromatic heterocycles. The second-order valence-electron chi connectivity index (χ2n) is 3.38. The number of nitrogens with zero attached hydrogens (tertiary/aromatic N) is 2. The predicted molar refractivity (Wildman–Crippen MR) is 63.7 cm³/mol. The second-order valence-corrected chi connectivity index (χ2v) is 3.82. The summed E-state index contributed by atoms with van der Waals surface area (Å²) in [5.74, 6) is -2.71. The number of hydrogen-bond acceptors (Lipinski definition) is 4. The van der Waals surface area contributed by atoms with Crippen LogP contribution in [0.1, 0.15) is 0 Å². The summed E-state index contributed by atoms with van der Waals surface area (Å²) >= 11 is 5.80. The average molecular weight is 267 g/mol. The summed E-state index contributed by atoms with van der Waals surface area (Å²) in [4.78, 5) is 24.0. The van der Waals surface area contributed by atoms with Crippen molar-refractivity contribution in [1.82, 2.24) is 4.98 Å². The lowest BCUT2D eigenvalue weighted by atomic mass is 10.2. The zero-order valence-corrected chi connectivity index (χ0v) is 9.60. The van der Waals surface area contributed by atoms with Crippen LogP contribution in [-0.2, 0) is 9.59 Å². The number of carbonyl (C=O) groups is 2. The third-order valence-electron chi connectivity index (χ3n) is 2.17. The van der Waals surface area contributed by atoms with Crippen molar-refractivity contribution in [3.8, 4) is 5.88 Å². The Kier molecular flexibility index (Phi) is 2.99. The smallest absolute Gasteiger partial charge is 0.353 e. The Morgan fingerprint density at radius 2 is 2.11 bits per heavy atom. The maximum Gasteiger partial charge on any atom is 0.353 e. The molecule has 1 heterocycles. The molecule has 1 aromatic carbocycles. The van der Waals surface area contributed by atoms with E-state index in [0.717, 1.165) is 0 Å². The fourth-order valence-electron chi connectivity index (χ4n) is 1.38. The lowest BCUT2D eigenvalue weighted by Gasteiger charge is -1.92. The number of primary amides is 1. The molecule has 0 atom stereocenters. The molecule has 18 heavy (non-hydrogen) atoms. The minimum atomic E-state index is -1.23. The number of halogens is 1. The number of carbonyl (C=O) groups excluding carboxylic acids is 2. The molecule has 92 valence electrons. The van der Waals surface area contributed by atoms with Crippen molar-refractivity contribution in [2.24, 2.45) is 16.0 Å². The van der Waals surface area contributed by atoms with Crippen LogP contribution < -0.4 is 5.73 Å². The number of fused-ring (bicyclic) bond motifs is 1. The molecule has 2 amide bonds. The quantitative estimate of drug-likeness (QED) is 0.537. The number of amides is 2. The minimum Gasteiger partial charge on any atom is -0.493 e. The standard InChI is InChI=1S/C10H7ClN4O3/c11-4-1-2-6-5(3-4)7(9(17)13-6)14-15-10(18)8(12)16/h1-3,13,17H,(H2,12,16). The Morgan fingerprint density at radius 1 is 1.39 bits per heavy atom. The topological polar surface area (TPSA) is 121 Å². The fraction of sp³-hybridized carbons (Fsp3) is 0. The Hall–Kier alpha value is -2.41. The summed E-state index contributed by atoms with van der Waals surface area (Å²) in [6.45, 7) is 0. The first-order chi connectivity index (χ1) is 8.49. The van der Waals surface area contributed by atoms with E-state index in [-0.39, 0.29) is 11.6 Å². The molecule has 0 aliphatic carbocycles. The lowest BCUT2D eigenvalue weighted by Crippen LogP contribution is -2.20. The number of hydrogen-bond donors (Lipinski definition) is 3. The molecule has 0 spiro atoms. The van der Waals surface area contributed by atoms with Crippen LogP contribution in [0.5, 0.6) is 5.88 Å². The highest BCUT2D eigenvalue weighted by Gasteiger charge is 2.12. The van der Waals surface area contributed by atoms with Gasteiger partial charge in [-0.05, 0) is 18.2 Å². The molecule has 0 unspecified atom stereocenters. The van der Waals surface area contributed by atoms with Crippen LogP contribution in [0, 0.1) is 0 Å². The number of rotatable bonds is 1. The number of benzene rings is 1. The van der Waals surface area contributed by atoms with Gasteiger partial charge < -0.3 is 15.8 Å². The molecule has 0 saturated carbocycles. The largest absolute Gasteiger partial charge is 0.493 e. The molecule has 0 bridgehead atoms. The summed E-state index contributed by atoms with van der Waals surface area (Å²) in [5, 5.41) is 17.1. The van der Waals surface area contributed by atoms with Crippen LogP contribution in [0.2, 0.25) is 5.02 Å². The zero-order valence-electron chi connectivity index (χ0n) is 8.85. The molecule has 2 aromatic rings. The number of aromatic amines is 1. The summed E-state index contributed by atoms with van der Waals surface area (Å²) in [6.07, 6.45) is 0. The van der Waals surface area contributed by atoms with E-state index in [4.69, 9.17) is 17.3 Å². The van der Waals surface area contributed by atoms with E-state index >= 15 is 0 Å². The van der Waals surface area contributed by atoms with Crippen molar-refractivity contribution in [3.05, 3.63) is 23.2 Å². The van der Waals surface area contributed by atoms with Gasteiger partial charge in [0, 0.05) is 10.4 Å². The van der Waals surface area contributed by atoms with Crippen molar-refractivity contribution < 1.29 is 14.7 Å². The van der Waals surface area contributed by atoms with Gasteiger partial charge in [0.1, 0.15) is 0 Å². The molecule has 8 heteroatoms. The summed E-state index contributed by atoms with van der Waals surface area (Å²) < 4.78 is 0. The monoisotopic (exact) mass is 266 g/mol. The van der Waals surface area contributed by atoms with E-state index in [1.165, 1.54) is 6.07 Å². The first-order valence-corrected chi connectivity index (χ1v) is 5.12. The van der Waals surface area contributed by atoms with Gasteiger partial charge in [-0.2, -0.15) is 0 Å². The summed E-state index contributed by atoms with van der Waals surface area (Å²) in [6, 6.07) is 4.79. The first-order valence-electron chi connectivity index (χ1n) is 4.74. The maximum atomic E-state index is 10.9. The highest BCUT2D eigenvalue weighted by molar-refractivity contribution is 6.34. The molecule has 0 aliphatic rings. The Labute approximate surface area is 105 Å². The first kappa shape index (κ1) is 12.1. The third kappa shape index (κ3) is 2.16. The summed E-state index contributed by atoms with van der Waals surface area (Å²) in [7, 11) is 0. The molecular formula is C10H7ClN4O3. The molecule has 2 rings (SSSR count). The highest BCUT2D eigenvalue weighted by atomic mass is 35.5. The van der Waals surface area contributed by atoms with Gasteiger partial charge in [-0.25, -0.2) is 0 Å². The molecule has 0 radical (unpaired) electrons. The van der Waals surface area contributed by atoms with Gasteiger partial charge in [-0.1, -0.05) is 11.6 Å². The van der Waals surface area contributed by atoms with Crippen LogP contribution in [0.3, 0.4) is 0 Å². The van der Waals surface area contributed by atoms with Crippen LogP contribution >= 0.6 is 11.6 Å². The third-order valence-corrected chi connectivity index (χ3v) is 2.40. The second kappa shape index (κ2) is 4.46. The fourth-order valence-corrected chi connectivity index (χ4v) is 1.55. The van der Waals surface area contributed by atoms with E-state index in [9.17, 15) is 14.7 Å². The molecular weight excluding hydrogens is 260 g/mol. The Balaban J connectivity index is 2.50. The van der Waals surface area contributed by atoms with Gasteiger partial charge in [-0.15, -0.1) is 10.2 Å². The van der Waals surface area contributed by atoms with Gasteiger partial charge in [0.25, 0.3) is 0 Å². The van der Waals surface area contributed by atoms with Gasteiger partial charge in [0.15, 0.2) is 5.69 Å². The zero-order chi connectivity index (χ0) is 13.3.